The summed E-state index contributed by atoms with van der Waals surface area (Å²) in [5.74, 6) is -1.35. The first-order valence-electron chi connectivity index (χ1n) is 8.82. The van der Waals surface area contributed by atoms with E-state index in [-0.39, 0.29) is 24.2 Å². The van der Waals surface area contributed by atoms with E-state index >= 15 is 0 Å². The van der Waals surface area contributed by atoms with Crippen LogP contribution < -0.4 is 5.32 Å². The van der Waals surface area contributed by atoms with Crippen molar-refractivity contribution in [1.29, 1.82) is 0 Å². The van der Waals surface area contributed by atoms with Gasteiger partial charge in [0.05, 0.1) is 4.88 Å². The molecule has 0 saturated carbocycles. The molecule has 144 valence electrons. The molecule has 0 fully saturated rings. The molecule has 0 bridgehead atoms. The van der Waals surface area contributed by atoms with E-state index in [1.165, 1.54) is 11.3 Å². The largest absolute Gasteiger partial charge is 0.456 e. The van der Waals surface area contributed by atoms with E-state index in [1.54, 1.807) is 17.5 Å². The van der Waals surface area contributed by atoms with Crippen molar-refractivity contribution in [3.63, 3.8) is 0 Å². The first kappa shape index (κ1) is 20.8. The molecule has 1 aromatic heterocycles. The van der Waals surface area contributed by atoms with Gasteiger partial charge in [-0.2, -0.15) is 0 Å². The Morgan fingerprint density at radius 3 is 2.33 bits per heavy atom. The number of carbonyl (C=O) groups excluding carboxylic acids is 3. The van der Waals surface area contributed by atoms with Gasteiger partial charge in [-0.25, -0.2) is 4.79 Å². The minimum Gasteiger partial charge on any atom is -0.456 e. The van der Waals surface area contributed by atoms with Crippen LogP contribution in [0, 0.1) is 26.7 Å². The fourth-order valence-electron chi connectivity index (χ4n) is 2.68. The van der Waals surface area contributed by atoms with Gasteiger partial charge >= 0.3 is 5.97 Å². The molecule has 0 saturated heterocycles. The summed E-state index contributed by atoms with van der Waals surface area (Å²) < 4.78 is 5.23. The minimum absolute atomic E-state index is 0.167. The fourth-order valence-corrected chi connectivity index (χ4v) is 3.31. The second kappa shape index (κ2) is 8.95. The SMILES string of the molecule is Cc1cc(C)c(C(=O)COC(=O)[C@@H](NC(=O)c2cccs2)C(C)C)cc1C. The number of benzene rings is 1. The van der Waals surface area contributed by atoms with Gasteiger partial charge in [0.25, 0.3) is 5.91 Å². The molecule has 1 N–H and O–H groups in total. The molecule has 0 aliphatic carbocycles. The van der Waals surface area contributed by atoms with Crippen molar-refractivity contribution in [1.82, 2.24) is 5.32 Å². The molecule has 1 atom stereocenters. The Hall–Kier alpha value is -2.47. The van der Waals surface area contributed by atoms with Crippen molar-refractivity contribution < 1.29 is 19.1 Å². The highest BCUT2D eigenvalue weighted by molar-refractivity contribution is 7.12. The Bertz CT molecular complexity index is 840. The lowest BCUT2D eigenvalue weighted by Gasteiger charge is -2.20. The van der Waals surface area contributed by atoms with Crippen molar-refractivity contribution in [2.24, 2.45) is 5.92 Å². The summed E-state index contributed by atoms with van der Waals surface area (Å²) in [6.45, 7) is 9.07. The lowest BCUT2D eigenvalue weighted by molar-refractivity contribution is -0.145. The third-order valence-corrected chi connectivity index (χ3v) is 5.31. The van der Waals surface area contributed by atoms with Crippen LogP contribution in [0.5, 0.6) is 0 Å². The molecule has 0 aliphatic heterocycles. The number of amides is 1. The molecule has 2 rings (SSSR count). The molecule has 27 heavy (non-hydrogen) atoms. The number of aryl methyl sites for hydroxylation is 3. The highest BCUT2D eigenvalue weighted by atomic mass is 32.1. The number of esters is 1. The fraction of sp³-hybridized carbons (Fsp3) is 0.381. The van der Waals surface area contributed by atoms with E-state index in [2.05, 4.69) is 5.32 Å². The van der Waals surface area contributed by atoms with Crippen molar-refractivity contribution in [2.45, 2.75) is 40.7 Å². The normalized spacial score (nSPS) is 11.9. The second-order valence-corrected chi connectivity index (χ2v) is 7.90. The predicted molar refractivity (Wildman–Crippen MR) is 106 cm³/mol. The van der Waals surface area contributed by atoms with Gasteiger partial charge in [-0.1, -0.05) is 26.0 Å². The summed E-state index contributed by atoms with van der Waals surface area (Å²) in [7, 11) is 0. The Labute approximate surface area is 163 Å². The highest BCUT2D eigenvalue weighted by Crippen LogP contribution is 2.16. The average Bonchev–Trinajstić information content (AvgIpc) is 3.14. The number of thiophene rings is 1. The molecule has 1 aromatic carbocycles. The lowest BCUT2D eigenvalue weighted by atomic mass is 9.98. The monoisotopic (exact) mass is 387 g/mol. The molecule has 0 spiro atoms. The van der Waals surface area contributed by atoms with E-state index in [4.69, 9.17) is 4.74 Å². The maximum Gasteiger partial charge on any atom is 0.329 e. The number of Topliss-reactive ketones (excluding diaryl/α,β-unsaturated/α-hetero) is 1. The number of nitrogens with one attached hydrogen (secondary N) is 1. The van der Waals surface area contributed by atoms with Crippen LogP contribution in [0.15, 0.2) is 29.6 Å². The third-order valence-electron chi connectivity index (χ3n) is 4.44. The summed E-state index contributed by atoms with van der Waals surface area (Å²) in [6.07, 6.45) is 0. The maximum absolute atomic E-state index is 12.5. The Balaban J connectivity index is 2.02. The van der Waals surface area contributed by atoms with Crippen LogP contribution in [0.3, 0.4) is 0 Å². The molecule has 2 aromatic rings. The maximum atomic E-state index is 12.5. The van der Waals surface area contributed by atoms with Gasteiger partial charge in [0, 0.05) is 5.56 Å². The van der Waals surface area contributed by atoms with E-state index in [1.807, 2.05) is 46.8 Å². The molecule has 1 amide bonds. The molecule has 0 radical (unpaired) electrons. The molecular weight excluding hydrogens is 362 g/mol. The van der Waals surface area contributed by atoms with Crippen LogP contribution in [-0.2, 0) is 9.53 Å². The zero-order valence-electron chi connectivity index (χ0n) is 16.3. The van der Waals surface area contributed by atoms with Gasteiger partial charge in [-0.05, 0) is 60.9 Å². The Kier molecular flexibility index (Phi) is 6.91. The number of hydrogen-bond acceptors (Lipinski definition) is 5. The van der Waals surface area contributed by atoms with Crippen LogP contribution in [0.25, 0.3) is 0 Å². The van der Waals surface area contributed by atoms with Crippen LogP contribution in [0.4, 0.5) is 0 Å². The number of rotatable bonds is 7. The molecule has 5 nitrogen and oxygen atoms in total. The van der Waals surface area contributed by atoms with Crippen LogP contribution in [-0.4, -0.2) is 30.3 Å². The molecule has 0 unspecified atom stereocenters. The van der Waals surface area contributed by atoms with Gasteiger partial charge < -0.3 is 10.1 Å². The van der Waals surface area contributed by atoms with Crippen molar-refractivity contribution in [2.75, 3.05) is 6.61 Å². The molecular formula is C21H25NO4S. The summed E-state index contributed by atoms with van der Waals surface area (Å²) >= 11 is 1.30. The van der Waals surface area contributed by atoms with Gasteiger partial charge in [0.15, 0.2) is 6.61 Å². The first-order chi connectivity index (χ1) is 12.7. The van der Waals surface area contributed by atoms with Crippen LogP contribution in [0.2, 0.25) is 0 Å². The first-order valence-corrected chi connectivity index (χ1v) is 9.70. The summed E-state index contributed by atoms with van der Waals surface area (Å²) in [5, 5.41) is 4.49. The topological polar surface area (TPSA) is 72.5 Å². The smallest absolute Gasteiger partial charge is 0.329 e. The summed E-state index contributed by atoms with van der Waals surface area (Å²) in [6, 6.07) is 6.41. The van der Waals surface area contributed by atoms with Crippen molar-refractivity contribution >= 4 is 29.0 Å². The standard InChI is InChI=1S/C21H25NO4S/c1-12(2)19(22-20(24)18-7-6-8-27-18)21(25)26-11-17(23)16-10-14(4)13(3)9-15(16)5/h6-10,12,19H,11H2,1-5H3,(H,22,24)/t19-/m0/s1. The second-order valence-electron chi connectivity index (χ2n) is 6.95. The van der Waals surface area contributed by atoms with Crippen molar-refractivity contribution in [3.05, 3.63) is 56.8 Å². The minimum atomic E-state index is -0.812. The Morgan fingerprint density at radius 1 is 1.07 bits per heavy atom. The van der Waals surface area contributed by atoms with Gasteiger partial charge in [0.1, 0.15) is 6.04 Å². The highest BCUT2D eigenvalue weighted by Gasteiger charge is 2.27. The van der Waals surface area contributed by atoms with Gasteiger partial charge in [-0.15, -0.1) is 11.3 Å². The lowest BCUT2D eigenvalue weighted by Crippen LogP contribution is -2.45. The van der Waals surface area contributed by atoms with Crippen LogP contribution in [0.1, 0.15) is 50.6 Å². The van der Waals surface area contributed by atoms with E-state index in [0.717, 1.165) is 16.7 Å². The summed E-state index contributed by atoms with van der Waals surface area (Å²) in [4.78, 5) is 37.7. The number of hydrogen-bond donors (Lipinski definition) is 1. The molecule has 0 aliphatic rings. The number of ketones is 1. The Morgan fingerprint density at radius 2 is 1.74 bits per heavy atom. The van der Waals surface area contributed by atoms with E-state index in [9.17, 15) is 14.4 Å². The third kappa shape index (κ3) is 5.26. The predicted octanol–water partition coefficient (Wildman–Crippen LogP) is 3.85. The number of ether oxygens (including phenoxy) is 1. The summed E-state index contributed by atoms with van der Waals surface area (Å²) in [5.41, 5.74) is 3.52. The zero-order chi connectivity index (χ0) is 20.1. The molecule has 6 heteroatoms. The average molecular weight is 388 g/mol. The zero-order valence-corrected chi connectivity index (χ0v) is 17.1. The van der Waals surface area contributed by atoms with Crippen molar-refractivity contribution in [3.8, 4) is 0 Å². The van der Waals surface area contributed by atoms with Gasteiger partial charge in [0.2, 0.25) is 5.78 Å². The van der Waals surface area contributed by atoms with Crippen LogP contribution >= 0.6 is 11.3 Å². The van der Waals surface area contributed by atoms with Gasteiger partial charge in [-0.3, -0.25) is 9.59 Å². The quantitative estimate of drug-likeness (QED) is 0.578. The van der Waals surface area contributed by atoms with E-state index in [0.29, 0.717) is 10.4 Å². The van der Waals surface area contributed by atoms with E-state index < -0.39 is 12.0 Å². The molecule has 1 heterocycles. The number of carbonyl (C=O) groups is 3.